The minimum Gasteiger partial charge on any atom is -0.344 e. The van der Waals surface area contributed by atoms with Crippen molar-refractivity contribution in [3.05, 3.63) is 11.6 Å². The molecule has 5 nitrogen and oxygen atoms in total. The lowest BCUT2D eigenvalue weighted by atomic mass is 9.47. The Morgan fingerprint density at radius 1 is 1.11 bits per heavy atom. The van der Waals surface area contributed by atoms with Gasteiger partial charge in [0.25, 0.3) is 0 Å². The number of hydrogen-bond donors (Lipinski definition) is 1. The van der Waals surface area contributed by atoms with Gasteiger partial charge < -0.3 is 15.1 Å². The number of likely N-dealkylation sites (N-methyl/N-ethyl adjacent to an activating group) is 1. The van der Waals surface area contributed by atoms with Crippen LogP contribution in [0.1, 0.15) is 86.0 Å². The van der Waals surface area contributed by atoms with Gasteiger partial charge >= 0.3 is 0 Å². The first-order valence-corrected chi connectivity index (χ1v) is 14.4. The standard InChI is InChI=1S/C30H49N3O2/c1-18(2)27(31-20(4)34)28(35)33(7)22-12-14-29(5)21(16-22)8-9-23-25(29)13-15-30-17-32(6)19(3)24(30)10-11-26(23)30/h8,18-19,22-27H,9-17H2,1-7H3,(H,31,34). The molecule has 0 aromatic heterocycles. The van der Waals surface area contributed by atoms with Gasteiger partial charge in [0, 0.05) is 32.6 Å². The van der Waals surface area contributed by atoms with Gasteiger partial charge in [0.15, 0.2) is 0 Å². The Morgan fingerprint density at radius 2 is 1.83 bits per heavy atom. The summed E-state index contributed by atoms with van der Waals surface area (Å²) in [5, 5.41) is 2.90. The van der Waals surface area contributed by atoms with Crippen LogP contribution < -0.4 is 5.32 Å². The van der Waals surface area contributed by atoms with Gasteiger partial charge in [-0.3, -0.25) is 9.59 Å². The Labute approximate surface area is 213 Å². The molecule has 0 aromatic rings. The highest BCUT2D eigenvalue weighted by atomic mass is 16.2. The van der Waals surface area contributed by atoms with Crippen molar-refractivity contribution in [2.75, 3.05) is 20.6 Å². The van der Waals surface area contributed by atoms with Crippen LogP contribution in [0.3, 0.4) is 0 Å². The Kier molecular flexibility index (Phi) is 6.42. The van der Waals surface area contributed by atoms with E-state index in [0.717, 1.165) is 42.6 Å². The highest BCUT2D eigenvalue weighted by molar-refractivity contribution is 5.87. The van der Waals surface area contributed by atoms with E-state index in [0.29, 0.717) is 10.8 Å². The summed E-state index contributed by atoms with van der Waals surface area (Å²) in [7, 11) is 4.32. The van der Waals surface area contributed by atoms with Crippen molar-refractivity contribution in [2.45, 2.75) is 104 Å². The monoisotopic (exact) mass is 483 g/mol. The van der Waals surface area contributed by atoms with Gasteiger partial charge in [0.2, 0.25) is 11.8 Å². The van der Waals surface area contributed by atoms with Gasteiger partial charge in [-0.2, -0.15) is 0 Å². The number of carbonyl (C=O) groups excluding carboxylic acids is 2. The summed E-state index contributed by atoms with van der Waals surface area (Å²) in [5.74, 6) is 3.48. The maximum atomic E-state index is 13.4. The largest absolute Gasteiger partial charge is 0.344 e. The molecule has 5 heteroatoms. The Hall–Kier alpha value is -1.36. The molecule has 1 spiro atoms. The third-order valence-corrected chi connectivity index (χ3v) is 11.9. The van der Waals surface area contributed by atoms with E-state index in [4.69, 9.17) is 0 Å². The summed E-state index contributed by atoms with van der Waals surface area (Å²) in [5.41, 5.74) is 2.50. The molecule has 2 amide bonds. The highest BCUT2D eigenvalue weighted by Crippen LogP contribution is 2.68. The maximum absolute atomic E-state index is 13.4. The number of fused-ring (bicyclic) bond motifs is 4. The van der Waals surface area contributed by atoms with Crippen LogP contribution in [0.25, 0.3) is 0 Å². The van der Waals surface area contributed by atoms with E-state index < -0.39 is 6.04 Å². The highest BCUT2D eigenvalue weighted by Gasteiger charge is 2.64. The smallest absolute Gasteiger partial charge is 0.245 e. The lowest BCUT2D eigenvalue weighted by molar-refractivity contribution is -0.138. The van der Waals surface area contributed by atoms with E-state index in [1.54, 1.807) is 5.57 Å². The fraction of sp³-hybridized carbons (Fsp3) is 0.867. The van der Waals surface area contributed by atoms with Crippen LogP contribution in [-0.4, -0.2) is 60.4 Å². The average molecular weight is 484 g/mol. The zero-order chi connectivity index (χ0) is 25.3. The van der Waals surface area contributed by atoms with E-state index in [-0.39, 0.29) is 23.8 Å². The lowest BCUT2D eigenvalue weighted by Crippen LogP contribution is -2.55. The minimum atomic E-state index is -0.438. The maximum Gasteiger partial charge on any atom is 0.245 e. The summed E-state index contributed by atoms with van der Waals surface area (Å²) < 4.78 is 0. The molecule has 5 aliphatic rings. The number of amides is 2. The zero-order valence-electron chi connectivity index (χ0n) is 23.3. The molecule has 1 N–H and O–H groups in total. The molecule has 1 saturated heterocycles. The number of rotatable bonds is 4. The second kappa shape index (κ2) is 8.89. The van der Waals surface area contributed by atoms with Crippen molar-refractivity contribution in [2.24, 2.45) is 40.4 Å². The number of allylic oxidation sites excluding steroid dienone is 1. The van der Waals surface area contributed by atoms with Gasteiger partial charge in [0.1, 0.15) is 6.04 Å². The van der Waals surface area contributed by atoms with Gasteiger partial charge in [-0.15, -0.1) is 0 Å². The average Bonchev–Trinajstić information content (AvgIpc) is 3.29. The van der Waals surface area contributed by atoms with Crippen molar-refractivity contribution in [1.82, 2.24) is 15.1 Å². The molecule has 196 valence electrons. The van der Waals surface area contributed by atoms with Crippen LogP contribution in [0.15, 0.2) is 11.6 Å². The predicted molar refractivity (Wildman–Crippen MR) is 141 cm³/mol. The molecule has 9 atom stereocenters. The first kappa shape index (κ1) is 25.3. The zero-order valence-corrected chi connectivity index (χ0v) is 23.3. The number of carbonyl (C=O) groups is 2. The fourth-order valence-corrected chi connectivity index (χ4v) is 9.91. The van der Waals surface area contributed by atoms with Crippen LogP contribution >= 0.6 is 0 Å². The first-order chi connectivity index (χ1) is 16.5. The molecule has 0 aromatic carbocycles. The molecule has 4 aliphatic carbocycles. The molecule has 0 bridgehead atoms. The van der Waals surface area contributed by atoms with Crippen molar-refractivity contribution >= 4 is 11.8 Å². The predicted octanol–water partition coefficient (Wildman–Crippen LogP) is 4.87. The van der Waals surface area contributed by atoms with Crippen molar-refractivity contribution in [3.63, 3.8) is 0 Å². The van der Waals surface area contributed by atoms with E-state index >= 15 is 0 Å². The van der Waals surface area contributed by atoms with E-state index in [1.165, 1.54) is 52.0 Å². The first-order valence-electron chi connectivity index (χ1n) is 14.4. The molecular weight excluding hydrogens is 434 g/mol. The molecule has 4 fully saturated rings. The number of hydrogen-bond acceptors (Lipinski definition) is 3. The van der Waals surface area contributed by atoms with Gasteiger partial charge in [-0.25, -0.2) is 0 Å². The molecule has 1 aliphatic heterocycles. The second-order valence-corrected chi connectivity index (χ2v) is 13.6. The Bertz CT molecular complexity index is 898. The van der Waals surface area contributed by atoms with Crippen LogP contribution in [0.4, 0.5) is 0 Å². The van der Waals surface area contributed by atoms with E-state index in [9.17, 15) is 9.59 Å². The molecule has 35 heavy (non-hydrogen) atoms. The van der Waals surface area contributed by atoms with Crippen LogP contribution in [0.5, 0.6) is 0 Å². The summed E-state index contributed by atoms with van der Waals surface area (Å²) in [4.78, 5) is 29.7. The molecule has 9 unspecified atom stereocenters. The Balaban J connectivity index is 1.33. The van der Waals surface area contributed by atoms with Crippen molar-refractivity contribution in [3.8, 4) is 0 Å². The van der Waals surface area contributed by atoms with Crippen LogP contribution in [-0.2, 0) is 9.59 Å². The van der Waals surface area contributed by atoms with Crippen LogP contribution in [0.2, 0.25) is 0 Å². The fourth-order valence-electron chi connectivity index (χ4n) is 9.91. The van der Waals surface area contributed by atoms with Gasteiger partial charge in [-0.1, -0.05) is 32.4 Å². The lowest BCUT2D eigenvalue weighted by Gasteiger charge is -2.58. The molecular formula is C30H49N3O2. The van der Waals surface area contributed by atoms with E-state index in [2.05, 4.69) is 37.2 Å². The van der Waals surface area contributed by atoms with Crippen molar-refractivity contribution in [1.29, 1.82) is 0 Å². The molecule has 1 heterocycles. The third-order valence-electron chi connectivity index (χ3n) is 11.9. The molecule has 3 saturated carbocycles. The number of nitrogens with zero attached hydrogens (tertiary/aromatic N) is 2. The summed E-state index contributed by atoms with van der Waals surface area (Å²) in [6, 6.07) is 0.549. The summed E-state index contributed by atoms with van der Waals surface area (Å²) in [6.45, 7) is 11.9. The second-order valence-electron chi connectivity index (χ2n) is 13.6. The topological polar surface area (TPSA) is 52.7 Å². The minimum absolute atomic E-state index is 0.0640. The van der Waals surface area contributed by atoms with Gasteiger partial charge in [0.05, 0.1) is 0 Å². The van der Waals surface area contributed by atoms with Crippen LogP contribution in [0, 0.1) is 40.4 Å². The molecule has 5 rings (SSSR count). The Morgan fingerprint density at radius 3 is 2.51 bits per heavy atom. The van der Waals surface area contributed by atoms with Gasteiger partial charge in [-0.05, 0) is 106 Å². The summed E-state index contributed by atoms with van der Waals surface area (Å²) in [6.07, 6.45) is 12.8. The molecule has 0 radical (unpaired) electrons. The number of nitrogens with one attached hydrogen (secondary N) is 1. The third kappa shape index (κ3) is 3.81. The summed E-state index contributed by atoms with van der Waals surface area (Å²) >= 11 is 0. The normalized spacial score (nSPS) is 43.5. The van der Waals surface area contributed by atoms with Crippen molar-refractivity contribution < 1.29 is 9.59 Å². The van der Waals surface area contributed by atoms with E-state index in [1.807, 2.05) is 25.8 Å². The number of likely N-dealkylation sites (tertiary alicyclic amines) is 1. The SMILES string of the molecule is CC(=O)NC(C(=O)N(C)C1CCC2(C)C(=CCC3C2CCC24CN(C)C(C)C2CCC34)C1)C(C)C. The quantitative estimate of drug-likeness (QED) is 0.581.